The second-order valence-corrected chi connectivity index (χ2v) is 7.06. The molecule has 0 bridgehead atoms. The summed E-state index contributed by atoms with van der Waals surface area (Å²) in [5.74, 6) is 1.54. The minimum Gasteiger partial charge on any atom is -0.354 e. The maximum Gasteiger partial charge on any atom is 0.157 e. The summed E-state index contributed by atoms with van der Waals surface area (Å²) in [6.45, 7) is 10.5. The van der Waals surface area contributed by atoms with E-state index in [0.717, 1.165) is 42.4 Å². The van der Waals surface area contributed by atoms with Gasteiger partial charge in [-0.2, -0.15) is 14.7 Å². The molecule has 0 spiro atoms. The Morgan fingerprint density at radius 1 is 1.21 bits per heavy atom. The van der Waals surface area contributed by atoms with Gasteiger partial charge >= 0.3 is 0 Å². The molecule has 0 aromatic carbocycles. The Labute approximate surface area is 142 Å². The Kier molecular flexibility index (Phi) is 3.55. The first kappa shape index (κ1) is 15.2. The summed E-state index contributed by atoms with van der Waals surface area (Å²) >= 11 is 0. The average Bonchev–Trinajstić information content (AvgIpc) is 3.25. The highest BCUT2D eigenvalue weighted by Crippen LogP contribution is 2.29. The SMILES string of the molecule is Cc1cc(C)n(C2CCN(c3cc(C(C)C)nc4ccnn34)C2)n1. The quantitative estimate of drug-likeness (QED) is 0.743. The van der Waals surface area contributed by atoms with Gasteiger partial charge in [0.15, 0.2) is 5.65 Å². The molecule has 1 unspecified atom stereocenters. The number of hydrogen-bond acceptors (Lipinski definition) is 4. The summed E-state index contributed by atoms with van der Waals surface area (Å²) in [5, 5.41) is 9.15. The predicted molar refractivity (Wildman–Crippen MR) is 94.6 cm³/mol. The molecule has 126 valence electrons. The lowest BCUT2D eigenvalue weighted by atomic mass is 10.1. The van der Waals surface area contributed by atoms with Crippen LogP contribution in [0.1, 0.15) is 49.3 Å². The van der Waals surface area contributed by atoms with E-state index >= 15 is 0 Å². The second kappa shape index (κ2) is 5.61. The monoisotopic (exact) mass is 324 g/mol. The first-order valence-electron chi connectivity index (χ1n) is 8.65. The van der Waals surface area contributed by atoms with Gasteiger partial charge in [0.1, 0.15) is 5.82 Å². The lowest BCUT2D eigenvalue weighted by Gasteiger charge is -2.21. The van der Waals surface area contributed by atoms with Crippen LogP contribution in [0.4, 0.5) is 5.82 Å². The zero-order chi connectivity index (χ0) is 16.8. The van der Waals surface area contributed by atoms with Crippen molar-refractivity contribution in [2.45, 2.75) is 46.1 Å². The van der Waals surface area contributed by atoms with Crippen molar-refractivity contribution in [1.82, 2.24) is 24.4 Å². The van der Waals surface area contributed by atoms with Gasteiger partial charge in [0.25, 0.3) is 0 Å². The highest BCUT2D eigenvalue weighted by atomic mass is 15.4. The van der Waals surface area contributed by atoms with Gasteiger partial charge in [-0.3, -0.25) is 4.68 Å². The molecule has 1 fully saturated rings. The smallest absolute Gasteiger partial charge is 0.157 e. The first-order valence-corrected chi connectivity index (χ1v) is 8.65. The first-order chi connectivity index (χ1) is 11.5. The van der Waals surface area contributed by atoms with Crippen molar-refractivity contribution in [3.8, 4) is 0 Å². The lowest BCUT2D eigenvalue weighted by Crippen LogP contribution is -2.24. The number of hydrogen-bond donors (Lipinski definition) is 0. The molecule has 0 N–H and O–H groups in total. The predicted octanol–water partition coefficient (Wildman–Crippen LogP) is 3.12. The van der Waals surface area contributed by atoms with Crippen LogP contribution in [0.5, 0.6) is 0 Å². The maximum absolute atomic E-state index is 4.72. The summed E-state index contributed by atoms with van der Waals surface area (Å²) in [4.78, 5) is 7.13. The molecule has 4 rings (SSSR count). The van der Waals surface area contributed by atoms with Gasteiger partial charge in [-0.25, -0.2) is 4.98 Å². The number of aryl methyl sites for hydroxylation is 2. The highest BCUT2D eigenvalue weighted by molar-refractivity contribution is 5.52. The normalized spacial score (nSPS) is 18.2. The van der Waals surface area contributed by atoms with Gasteiger partial charge in [0.05, 0.1) is 17.9 Å². The van der Waals surface area contributed by atoms with Crippen molar-refractivity contribution in [3.05, 3.63) is 41.5 Å². The Bertz CT molecular complexity index is 875. The van der Waals surface area contributed by atoms with Gasteiger partial charge in [0, 0.05) is 36.6 Å². The van der Waals surface area contributed by atoms with Crippen LogP contribution in [0.3, 0.4) is 0 Å². The van der Waals surface area contributed by atoms with Crippen LogP contribution in [0.25, 0.3) is 5.65 Å². The van der Waals surface area contributed by atoms with E-state index in [2.05, 4.69) is 59.6 Å². The minimum atomic E-state index is 0.401. The van der Waals surface area contributed by atoms with Crippen molar-refractivity contribution < 1.29 is 0 Å². The third-order valence-electron chi connectivity index (χ3n) is 4.83. The fourth-order valence-corrected chi connectivity index (χ4v) is 3.60. The van der Waals surface area contributed by atoms with Gasteiger partial charge in [-0.05, 0) is 32.3 Å². The van der Waals surface area contributed by atoms with Gasteiger partial charge in [0.2, 0.25) is 0 Å². The van der Waals surface area contributed by atoms with Crippen LogP contribution in [0, 0.1) is 13.8 Å². The van der Waals surface area contributed by atoms with Crippen molar-refractivity contribution in [1.29, 1.82) is 0 Å². The van der Waals surface area contributed by atoms with Crippen molar-refractivity contribution in [2.75, 3.05) is 18.0 Å². The molecule has 6 nitrogen and oxygen atoms in total. The van der Waals surface area contributed by atoms with Crippen molar-refractivity contribution in [2.24, 2.45) is 0 Å². The molecule has 0 radical (unpaired) electrons. The number of fused-ring (bicyclic) bond motifs is 1. The standard InChI is InChI=1S/C18H24N6/c1-12(2)16-10-18(24-17(20-16)5-7-19-24)22-8-6-15(11-22)23-14(4)9-13(3)21-23/h5,7,9-10,12,15H,6,8,11H2,1-4H3. The number of aromatic nitrogens is 5. The van der Waals surface area contributed by atoms with E-state index in [1.807, 2.05) is 16.8 Å². The van der Waals surface area contributed by atoms with E-state index < -0.39 is 0 Å². The summed E-state index contributed by atoms with van der Waals surface area (Å²) in [7, 11) is 0. The van der Waals surface area contributed by atoms with Crippen molar-refractivity contribution in [3.63, 3.8) is 0 Å². The van der Waals surface area contributed by atoms with E-state index in [-0.39, 0.29) is 0 Å². The fourth-order valence-electron chi connectivity index (χ4n) is 3.60. The zero-order valence-electron chi connectivity index (χ0n) is 14.8. The molecule has 3 aromatic heterocycles. The minimum absolute atomic E-state index is 0.401. The maximum atomic E-state index is 4.72. The van der Waals surface area contributed by atoms with Crippen LogP contribution >= 0.6 is 0 Å². The van der Waals surface area contributed by atoms with E-state index in [1.54, 1.807) is 0 Å². The van der Waals surface area contributed by atoms with Crippen LogP contribution in [-0.4, -0.2) is 37.5 Å². The molecule has 1 saturated heterocycles. The molecule has 0 amide bonds. The van der Waals surface area contributed by atoms with Gasteiger partial charge in [-0.15, -0.1) is 0 Å². The largest absolute Gasteiger partial charge is 0.354 e. The molecule has 3 aromatic rings. The third-order valence-corrected chi connectivity index (χ3v) is 4.83. The van der Waals surface area contributed by atoms with E-state index in [1.165, 1.54) is 5.69 Å². The molecule has 0 saturated carbocycles. The van der Waals surface area contributed by atoms with Gasteiger partial charge in [-0.1, -0.05) is 13.8 Å². The zero-order valence-corrected chi connectivity index (χ0v) is 14.8. The second-order valence-electron chi connectivity index (χ2n) is 7.06. The number of anilines is 1. The molecule has 1 aliphatic heterocycles. The van der Waals surface area contributed by atoms with Crippen molar-refractivity contribution >= 4 is 11.5 Å². The topological polar surface area (TPSA) is 51.2 Å². The third kappa shape index (κ3) is 2.46. The Hall–Kier alpha value is -2.37. The lowest BCUT2D eigenvalue weighted by molar-refractivity contribution is 0.480. The molecule has 6 heteroatoms. The molecule has 1 aliphatic rings. The molecular weight excluding hydrogens is 300 g/mol. The van der Waals surface area contributed by atoms with Crippen LogP contribution in [0.15, 0.2) is 24.4 Å². The Morgan fingerprint density at radius 2 is 2.04 bits per heavy atom. The van der Waals surface area contributed by atoms with E-state index in [0.29, 0.717) is 12.0 Å². The Morgan fingerprint density at radius 3 is 2.75 bits per heavy atom. The number of rotatable bonds is 3. The summed E-state index contributed by atoms with van der Waals surface area (Å²) in [6.07, 6.45) is 2.93. The van der Waals surface area contributed by atoms with Crippen LogP contribution in [0.2, 0.25) is 0 Å². The summed E-state index contributed by atoms with van der Waals surface area (Å²) < 4.78 is 4.13. The van der Waals surface area contributed by atoms with Crippen LogP contribution < -0.4 is 4.90 Å². The summed E-state index contributed by atoms with van der Waals surface area (Å²) in [5.41, 5.74) is 4.37. The molecule has 0 aliphatic carbocycles. The molecule has 24 heavy (non-hydrogen) atoms. The molecule has 4 heterocycles. The number of nitrogens with zero attached hydrogens (tertiary/aromatic N) is 6. The highest BCUT2D eigenvalue weighted by Gasteiger charge is 2.28. The fraction of sp³-hybridized carbons (Fsp3) is 0.500. The van der Waals surface area contributed by atoms with E-state index in [4.69, 9.17) is 4.98 Å². The molecule has 1 atom stereocenters. The van der Waals surface area contributed by atoms with Crippen LogP contribution in [-0.2, 0) is 0 Å². The van der Waals surface area contributed by atoms with Gasteiger partial charge < -0.3 is 4.90 Å². The molecular formula is C18H24N6. The Balaban J connectivity index is 1.68. The average molecular weight is 324 g/mol. The van der Waals surface area contributed by atoms with E-state index in [9.17, 15) is 0 Å². The summed E-state index contributed by atoms with van der Waals surface area (Å²) in [6, 6.07) is 6.73.